The average Bonchev–Trinajstić information content (AvgIpc) is 2.17. The number of benzene rings is 1. The summed E-state index contributed by atoms with van der Waals surface area (Å²) in [5.41, 5.74) is 9.49. The predicted octanol–water partition coefficient (Wildman–Crippen LogP) is 1.61. The largest absolute Gasteiger partial charge is 0.496 e. The Hall–Kier alpha value is -1.06. The van der Waals surface area contributed by atoms with Crippen molar-refractivity contribution in [2.75, 3.05) is 13.7 Å². The van der Waals surface area contributed by atoms with E-state index in [2.05, 4.69) is 0 Å². The first-order valence-corrected chi connectivity index (χ1v) is 5.05. The van der Waals surface area contributed by atoms with Gasteiger partial charge in [-0.1, -0.05) is 6.07 Å². The molecule has 0 fully saturated rings. The molecule has 0 aliphatic rings. The highest BCUT2D eigenvalue weighted by atomic mass is 16.5. The highest BCUT2D eigenvalue weighted by molar-refractivity contribution is 5.50. The summed E-state index contributed by atoms with van der Waals surface area (Å²) >= 11 is 0. The van der Waals surface area contributed by atoms with Crippen LogP contribution in [-0.4, -0.2) is 18.8 Å². The van der Waals surface area contributed by atoms with E-state index < -0.39 is 6.10 Å². The molecule has 3 nitrogen and oxygen atoms in total. The molecule has 15 heavy (non-hydrogen) atoms. The number of aliphatic hydroxyl groups is 1. The molecule has 1 rings (SSSR count). The summed E-state index contributed by atoms with van der Waals surface area (Å²) in [5, 5.41) is 9.82. The monoisotopic (exact) mass is 209 g/mol. The van der Waals surface area contributed by atoms with Crippen LogP contribution in [0.5, 0.6) is 5.75 Å². The van der Waals surface area contributed by atoms with Crippen LogP contribution in [0.15, 0.2) is 6.07 Å². The van der Waals surface area contributed by atoms with E-state index in [9.17, 15) is 5.11 Å². The van der Waals surface area contributed by atoms with Crippen LogP contribution >= 0.6 is 0 Å². The second-order valence-corrected chi connectivity index (χ2v) is 3.83. The fourth-order valence-corrected chi connectivity index (χ4v) is 2.13. The van der Waals surface area contributed by atoms with Gasteiger partial charge in [-0.25, -0.2) is 0 Å². The summed E-state index contributed by atoms with van der Waals surface area (Å²) in [5.74, 6) is 0.836. The summed E-state index contributed by atoms with van der Waals surface area (Å²) in [6, 6.07) is 2.01. The molecule has 0 heterocycles. The smallest absolute Gasteiger partial charge is 0.125 e. The second-order valence-electron chi connectivity index (χ2n) is 3.83. The van der Waals surface area contributed by atoms with E-state index in [4.69, 9.17) is 10.5 Å². The van der Waals surface area contributed by atoms with Gasteiger partial charge in [-0.15, -0.1) is 0 Å². The van der Waals surface area contributed by atoms with E-state index in [0.717, 1.165) is 28.0 Å². The van der Waals surface area contributed by atoms with E-state index in [1.807, 2.05) is 26.8 Å². The van der Waals surface area contributed by atoms with Crippen LogP contribution in [0.25, 0.3) is 0 Å². The Bertz CT molecular complexity index is 361. The molecular weight excluding hydrogens is 190 g/mol. The van der Waals surface area contributed by atoms with Gasteiger partial charge in [0.2, 0.25) is 0 Å². The van der Waals surface area contributed by atoms with Crippen molar-refractivity contribution in [3.05, 3.63) is 28.3 Å². The van der Waals surface area contributed by atoms with Crippen molar-refractivity contribution in [1.82, 2.24) is 0 Å². The normalized spacial score (nSPS) is 12.7. The molecular formula is C12H19NO2. The molecule has 1 aromatic carbocycles. The summed E-state index contributed by atoms with van der Waals surface area (Å²) in [4.78, 5) is 0. The number of aliphatic hydroxyl groups excluding tert-OH is 1. The molecule has 0 bridgehead atoms. The van der Waals surface area contributed by atoms with Crippen LogP contribution in [-0.2, 0) is 0 Å². The van der Waals surface area contributed by atoms with Crippen LogP contribution in [0.2, 0.25) is 0 Å². The zero-order valence-electron chi connectivity index (χ0n) is 9.79. The van der Waals surface area contributed by atoms with Gasteiger partial charge in [0.05, 0.1) is 13.2 Å². The fourth-order valence-electron chi connectivity index (χ4n) is 2.13. The van der Waals surface area contributed by atoms with Crippen LogP contribution in [0.3, 0.4) is 0 Å². The number of nitrogens with two attached hydrogens (primary N) is 1. The minimum Gasteiger partial charge on any atom is -0.496 e. The third-order valence-electron chi connectivity index (χ3n) is 2.72. The van der Waals surface area contributed by atoms with Gasteiger partial charge in [0.15, 0.2) is 0 Å². The Morgan fingerprint density at radius 1 is 1.33 bits per heavy atom. The summed E-state index contributed by atoms with van der Waals surface area (Å²) < 4.78 is 5.31. The third kappa shape index (κ3) is 2.13. The van der Waals surface area contributed by atoms with Crippen molar-refractivity contribution >= 4 is 0 Å². The van der Waals surface area contributed by atoms with Gasteiger partial charge >= 0.3 is 0 Å². The van der Waals surface area contributed by atoms with Crippen molar-refractivity contribution in [2.24, 2.45) is 5.73 Å². The Balaban J connectivity index is 3.38. The molecule has 1 unspecified atom stereocenters. The Labute approximate surface area is 90.9 Å². The van der Waals surface area contributed by atoms with Gasteiger partial charge in [-0.3, -0.25) is 0 Å². The number of rotatable bonds is 3. The number of aryl methyl sites for hydroxylation is 2. The first-order chi connectivity index (χ1) is 7.02. The number of hydrogen-bond donors (Lipinski definition) is 2. The molecule has 0 saturated heterocycles. The van der Waals surface area contributed by atoms with Crippen molar-refractivity contribution in [3.63, 3.8) is 0 Å². The average molecular weight is 209 g/mol. The molecule has 3 N–H and O–H groups in total. The first kappa shape index (κ1) is 12.0. The van der Waals surface area contributed by atoms with Crippen LogP contribution in [0.4, 0.5) is 0 Å². The minimum absolute atomic E-state index is 0.230. The molecule has 3 heteroatoms. The van der Waals surface area contributed by atoms with Crippen molar-refractivity contribution in [2.45, 2.75) is 26.9 Å². The molecule has 0 spiro atoms. The Morgan fingerprint density at radius 2 is 1.93 bits per heavy atom. The zero-order valence-corrected chi connectivity index (χ0v) is 9.79. The third-order valence-corrected chi connectivity index (χ3v) is 2.72. The summed E-state index contributed by atoms with van der Waals surface area (Å²) in [6.07, 6.45) is -0.612. The lowest BCUT2D eigenvalue weighted by atomic mass is 9.94. The van der Waals surface area contributed by atoms with Crippen LogP contribution in [0.1, 0.15) is 28.4 Å². The molecule has 0 radical (unpaired) electrons. The lowest BCUT2D eigenvalue weighted by molar-refractivity contribution is 0.184. The highest BCUT2D eigenvalue weighted by Crippen LogP contribution is 2.32. The Morgan fingerprint density at radius 3 is 2.40 bits per heavy atom. The topological polar surface area (TPSA) is 55.5 Å². The maximum Gasteiger partial charge on any atom is 0.125 e. The highest BCUT2D eigenvalue weighted by Gasteiger charge is 2.16. The predicted molar refractivity (Wildman–Crippen MR) is 61.2 cm³/mol. The fraction of sp³-hybridized carbons (Fsp3) is 0.500. The van der Waals surface area contributed by atoms with E-state index in [1.165, 1.54) is 0 Å². The molecule has 0 saturated carbocycles. The van der Waals surface area contributed by atoms with Gasteiger partial charge in [0.25, 0.3) is 0 Å². The molecule has 0 aliphatic heterocycles. The number of hydrogen-bond acceptors (Lipinski definition) is 3. The van der Waals surface area contributed by atoms with Crippen molar-refractivity contribution in [1.29, 1.82) is 0 Å². The second kappa shape index (κ2) is 4.64. The maximum atomic E-state index is 9.82. The van der Waals surface area contributed by atoms with Gasteiger partial charge in [-0.2, -0.15) is 0 Å². The lowest BCUT2D eigenvalue weighted by Gasteiger charge is -2.19. The first-order valence-electron chi connectivity index (χ1n) is 5.05. The summed E-state index contributed by atoms with van der Waals surface area (Å²) in [7, 11) is 1.64. The van der Waals surface area contributed by atoms with Gasteiger partial charge in [0.1, 0.15) is 5.75 Å². The zero-order chi connectivity index (χ0) is 11.6. The van der Waals surface area contributed by atoms with E-state index in [0.29, 0.717) is 0 Å². The maximum absolute atomic E-state index is 9.82. The Kier molecular flexibility index (Phi) is 3.72. The van der Waals surface area contributed by atoms with E-state index in [1.54, 1.807) is 7.11 Å². The van der Waals surface area contributed by atoms with Gasteiger partial charge in [0, 0.05) is 6.54 Å². The number of ether oxygens (including phenoxy) is 1. The molecule has 1 atom stereocenters. The van der Waals surface area contributed by atoms with E-state index in [-0.39, 0.29) is 6.54 Å². The molecule has 84 valence electrons. The van der Waals surface area contributed by atoms with Crippen molar-refractivity contribution < 1.29 is 9.84 Å². The number of methoxy groups -OCH3 is 1. The minimum atomic E-state index is -0.612. The molecule has 0 aliphatic carbocycles. The van der Waals surface area contributed by atoms with Crippen molar-refractivity contribution in [3.8, 4) is 5.75 Å². The van der Waals surface area contributed by atoms with E-state index >= 15 is 0 Å². The van der Waals surface area contributed by atoms with Crippen LogP contribution < -0.4 is 10.5 Å². The van der Waals surface area contributed by atoms with Crippen LogP contribution in [0, 0.1) is 20.8 Å². The molecule has 1 aromatic rings. The SMILES string of the molecule is COc1c(C)cc(C)c(C(O)CN)c1C. The molecule has 0 amide bonds. The molecule has 0 aromatic heterocycles. The van der Waals surface area contributed by atoms with Gasteiger partial charge < -0.3 is 15.6 Å². The lowest BCUT2D eigenvalue weighted by Crippen LogP contribution is -2.15. The standard InChI is InChI=1S/C12H19NO2/c1-7-5-8(2)12(15-4)9(3)11(7)10(14)6-13/h5,10,14H,6,13H2,1-4H3. The van der Waals surface area contributed by atoms with Gasteiger partial charge in [-0.05, 0) is 43.0 Å². The quantitative estimate of drug-likeness (QED) is 0.795. The summed E-state index contributed by atoms with van der Waals surface area (Å²) in [6.45, 7) is 6.16.